The van der Waals surface area contributed by atoms with Crippen LogP contribution >= 0.6 is 0 Å². The number of ether oxygens (including phenoxy) is 2. The molecule has 0 aliphatic rings. The summed E-state index contributed by atoms with van der Waals surface area (Å²) in [5, 5.41) is 0. The number of carbonyl (C=O) groups excluding carboxylic acids is 2. The molecule has 38 heavy (non-hydrogen) atoms. The fraction of sp³-hybridized carbons (Fsp3) is 0.333. The summed E-state index contributed by atoms with van der Waals surface area (Å²) in [6.07, 6.45) is -0.768. The van der Waals surface area contributed by atoms with E-state index in [1.807, 2.05) is 60.7 Å². The zero-order valence-corrected chi connectivity index (χ0v) is 27.3. The number of carbonyl (C=O) groups is 2. The highest BCUT2D eigenvalue weighted by atomic mass is 127. The molecule has 6 nitrogen and oxygen atoms in total. The van der Waals surface area contributed by atoms with E-state index < -0.39 is 11.9 Å². The van der Waals surface area contributed by atoms with Gasteiger partial charge in [0, 0.05) is 0 Å². The molecule has 3 aromatic rings. The number of hydrogen-bond donors (Lipinski definition) is 0. The van der Waals surface area contributed by atoms with Gasteiger partial charge in [-0.25, -0.2) is 9.59 Å². The number of rotatable bonds is 10. The number of quaternary nitrogens is 2. The maximum atomic E-state index is 13.0. The van der Waals surface area contributed by atoms with Gasteiger partial charge in [-0.3, -0.25) is 0 Å². The molecular weight excluding hydrogens is 706 g/mol. The molecule has 2 atom stereocenters. The van der Waals surface area contributed by atoms with Crippen LogP contribution in [0.1, 0.15) is 44.1 Å². The Morgan fingerprint density at radius 1 is 0.553 bits per heavy atom. The normalized spacial score (nSPS) is 12.8. The standard InChI is InChI=1S/C30H38N2O4.2HI/c1-31(2,3)21-27(23-13-9-7-10-14-23)35-29(33)25-17-19-26(20-18-25)30(34)36-28(22-32(4,5)6)24-15-11-8-12-16-24;;/h7-20,27-28H,21-22H2,1-6H3;2*1H/q+2;;/p-2. The monoisotopic (exact) mass is 744 g/mol. The highest BCUT2D eigenvalue weighted by molar-refractivity contribution is 5.93. The number of nitrogens with zero attached hydrogens (tertiary/aromatic N) is 2. The molecule has 0 bridgehead atoms. The minimum Gasteiger partial charge on any atom is -1.00 e. The minimum absolute atomic E-state index is 0. The highest BCUT2D eigenvalue weighted by Crippen LogP contribution is 2.24. The van der Waals surface area contributed by atoms with E-state index in [0.29, 0.717) is 33.2 Å². The lowest BCUT2D eigenvalue weighted by Gasteiger charge is -2.29. The van der Waals surface area contributed by atoms with Crippen LogP contribution in [0.15, 0.2) is 84.9 Å². The molecule has 0 amide bonds. The summed E-state index contributed by atoms with van der Waals surface area (Å²) in [6.45, 7) is 1.26. The van der Waals surface area contributed by atoms with Crippen molar-refractivity contribution in [1.29, 1.82) is 0 Å². The quantitative estimate of drug-likeness (QED) is 0.151. The van der Waals surface area contributed by atoms with Gasteiger partial charge in [0.2, 0.25) is 0 Å². The van der Waals surface area contributed by atoms with E-state index >= 15 is 0 Å². The molecule has 0 fully saturated rings. The van der Waals surface area contributed by atoms with Crippen molar-refractivity contribution in [3.63, 3.8) is 0 Å². The third-order valence-electron chi connectivity index (χ3n) is 5.62. The summed E-state index contributed by atoms with van der Waals surface area (Å²) in [5.41, 5.74) is 2.67. The number of benzene rings is 3. The molecule has 0 aliphatic carbocycles. The van der Waals surface area contributed by atoms with Crippen molar-refractivity contribution in [2.24, 2.45) is 0 Å². The number of esters is 2. The molecule has 0 N–H and O–H groups in total. The van der Waals surface area contributed by atoms with Crippen LogP contribution in [-0.4, -0.2) is 76.3 Å². The van der Waals surface area contributed by atoms with Crippen molar-refractivity contribution in [3.05, 3.63) is 107 Å². The number of hydrogen-bond acceptors (Lipinski definition) is 4. The van der Waals surface area contributed by atoms with Gasteiger partial charge in [0.1, 0.15) is 13.1 Å². The Kier molecular flexibility index (Phi) is 13.4. The second kappa shape index (κ2) is 14.9. The Morgan fingerprint density at radius 2 is 0.842 bits per heavy atom. The summed E-state index contributed by atoms with van der Waals surface area (Å²) in [4.78, 5) is 25.9. The van der Waals surface area contributed by atoms with Crippen molar-refractivity contribution in [2.75, 3.05) is 55.4 Å². The Balaban J connectivity index is 0.00000361. The first-order valence-corrected chi connectivity index (χ1v) is 12.1. The fourth-order valence-electron chi connectivity index (χ4n) is 3.89. The molecular formula is C30H38I2N2O4. The largest absolute Gasteiger partial charge is 1.00 e. The fourth-order valence-corrected chi connectivity index (χ4v) is 3.89. The smallest absolute Gasteiger partial charge is 0.338 e. The summed E-state index contributed by atoms with van der Waals surface area (Å²) in [5.74, 6) is -0.853. The molecule has 3 aromatic carbocycles. The molecule has 0 spiro atoms. The summed E-state index contributed by atoms with van der Waals surface area (Å²) in [7, 11) is 12.4. The van der Waals surface area contributed by atoms with Crippen molar-refractivity contribution >= 4 is 11.9 Å². The van der Waals surface area contributed by atoms with E-state index in [-0.39, 0.29) is 60.2 Å². The van der Waals surface area contributed by atoms with Crippen LogP contribution in [0, 0.1) is 0 Å². The number of halogens is 2. The average Bonchev–Trinajstić information content (AvgIpc) is 2.82. The van der Waals surface area contributed by atoms with Gasteiger partial charge < -0.3 is 66.4 Å². The molecule has 2 unspecified atom stereocenters. The zero-order chi connectivity index (χ0) is 26.3. The summed E-state index contributed by atoms with van der Waals surface area (Å²) >= 11 is 0. The van der Waals surface area contributed by atoms with Gasteiger partial charge >= 0.3 is 11.9 Å². The first-order chi connectivity index (χ1) is 16.9. The lowest BCUT2D eigenvalue weighted by molar-refractivity contribution is -0.874. The second-order valence-electron chi connectivity index (χ2n) is 11.1. The molecule has 0 aromatic heterocycles. The molecule has 0 saturated carbocycles. The third kappa shape index (κ3) is 11.0. The van der Waals surface area contributed by atoms with Crippen LogP contribution in [0.3, 0.4) is 0 Å². The maximum Gasteiger partial charge on any atom is 0.338 e. The lowest BCUT2D eigenvalue weighted by atomic mass is 10.1. The van der Waals surface area contributed by atoms with Crippen molar-refractivity contribution < 1.29 is 76.0 Å². The Labute approximate surface area is 261 Å². The van der Waals surface area contributed by atoms with Gasteiger partial charge in [-0.15, -0.1) is 0 Å². The predicted molar refractivity (Wildman–Crippen MR) is 141 cm³/mol. The average molecular weight is 744 g/mol. The van der Waals surface area contributed by atoms with Gasteiger partial charge in [-0.1, -0.05) is 60.7 Å². The molecule has 0 heterocycles. The molecule has 206 valence electrons. The van der Waals surface area contributed by atoms with Crippen molar-refractivity contribution in [1.82, 2.24) is 0 Å². The van der Waals surface area contributed by atoms with E-state index in [1.165, 1.54) is 0 Å². The van der Waals surface area contributed by atoms with E-state index in [4.69, 9.17) is 9.47 Å². The first kappa shape index (κ1) is 34.0. The van der Waals surface area contributed by atoms with Gasteiger partial charge in [-0.2, -0.15) is 0 Å². The Bertz CT molecular complexity index is 1050. The third-order valence-corrected chi connectivity index (χ3v) is 5.62. The molecule has 3 rings (SSSR count). The second-order valence-corrected chi connectivity index (χ2v) is 11.1. The van der Waals surface area contributed by atoms with Crippen LogP contribution in [0.4, 0.5) is 0 Å². The molecule has 8 heteroatoms. The molecule has 0 saturated heterocycles. The van der Waals surface area contributed by atoms with Crippen molar-refractivity contribution in [2.45, 2.75) is 12.2 Å². The van der Waals surface area contributed by atoms with Crippen LogP contribution in [0.5, 0.6) is 0 Å². The summed E-state index contributed by atoms with van der Waals surface area (Å²) in [6, 6.07) is 26.0. The Morgan fingerprint density at radius 3 is 1.11 bits per heavy atom. The molecule has 0 radical (unpaired) electrons. The van der Waals surface area contributed by atoms with Gasteiger partial charge in [0.05, 0.1) is 53.4 Å². The van der Waals surface area contributed by atoms with Gasteiger partial charge in [0.15, 0.2) is 12.2 Å². The van der Waals surface area contributed by atoms with E-state index in [2.05, 4.69) is 42.3 Å². The lowest BCUT2D eigenvalue weighted by Crippen LogP contribution is -3.00. The van der Waals surface area contributed by atoms with Crippen LogP contribution < -0.4 is 48.0 Å². The van der Waals surface area contributed by atoms with Gasteiger partial charge in [0.25, 0.3) is 0 Å². The van der Waals surface area contributed by atoms with Gasteiger partial charge in [-0.05, 0) is 35.4 Å². The molecule has 0 aliphatic heterocycles. The van der Waals surface area contributed by atoms with E-state index in [1.54, 1.807) is 24.3 Å². The summed E-state index contributed by atoms with van der Waals surface area (Å²) < 4.78 is 13.1. The van der Waals surface area contributed by atoms with E-state index in [9.17, 15) is 9.59 Å². The highest BCUT2D eigenvalue weighted by Gasteiger charge is 2.26. The minimum atomic E-state index is -0.426. The van der Waals surface area contributed by atoms with Crippen molar-refractivity contribution in [3.8, 4) is 0 Å². The first-order valence-electron chi connectivity index (χ1n) is 12.1. The van der Waals surface area contributed by atoms with Crippen LogP contribution in [0.25, 0.3) is 0 Å². The Hall–Kier alpha value is -2.02. The number of likely N-dealkylation sites (N-methyl/N-ethyl adjacent to an activating group) is 2. The zero-order valence-electron chi connectivity index (χ0n) is 22.9. The predicted octanol–water partition coefficient (Wildman–Crippen LogP) is -1.10. The SMILES string of the molecule is C[N+](C)(C)CC(OC(=O)c1ccc(C(=O)OC(C[N+](C)(C)C)c2ccccc2)cc1)c1ccccc1.[I-].[I-]. The van der Waals surface area contributed by atoms with Crippen LogP contribution in [-0.2, 0) is 9.47 Å². The topological polar surface area (TPSA) is 52.6 Å². The van der Waals surface area contributed by atoms with Crippen LogP contribution in [0.2, 0.25) is 0 Å². The van der Waals surface area contributed by atoms with E-state index in [0.717, 1.165) is 11.1 Å². The maximum absolute atomic E-state index is 13.0.